The van der Waals surface area contributed by atoms with Crippen molar-refractivity contribution in [2.24, 2.45) is 0 Å². The quantitative estimate of drug-likeness (QED) is 0.748. The number of alkyl halides is 3. The van der Waals surface area contributed by atoms with Crippen LogP contribution in [0.2, 0.25) is 0 Å². The van der Waals surface area contributed by atoms with Gasteiger partial charge in [0.05, 0.1) is 0 Å². The van der Waals surface area contributed by atoms with Gasteiger partial charge in [0, 0.05) is 16.7 Å². The van der Waals surface area contributed by atoms with Crippen LogP contribution in [0.15, 0.2) is 33.7 Å². The topological polar surface area (TPSA) is 34.4 Å². The predicted octanol–water partition coefficient (Wildman–Crippen LogP) is 2.48. The van der Waals surface area contributed by atoms with Crippen molar-refractivity contribution in [3.63, 3.8) is 0 Å². The standard InChI is InChI=1S/C9H4BrF3N2O/c10-5-1-2-7-14-6(9(11,12)13)3-8(16)15(7)4-5/h1-4H. The Balaban J connectivity index is 2.79. The molecule has 0 amide bonds. The summed E-state index contributed by atoms with van der Waals surface area (Å²) in [7, 11) is 0. The Hall–Kier alpha value is -1.37. The molecule has 0 saturated carbocycles. The van der Waals surface area contributed by atoms with Crippen molar-refractivity contribution in [2.75, 3.05) is 0 Å². The van der Waals surface area contributed by atoms with Crippen LogP contribution in [0.5, 0.6) is 0 Å². The minimum absolute atomic E-state index is 0.0389. The third-order valence-electron chi connectivity index (χ3n) is 1.91. The second kappa shape index (κ2) is 3.58. The molecule has 2 rings (SSSR count). The molecule has 2 heterocycles. The van der Waals surface area contributed by atoms with Crippen molar-refractivity contribution >= 4 is 21.6 Å². The molecule has 0 aromatic carbocycles. The number of pyridine rings is 1. The highest BCUT2D eigenvalue weighted by atomic mass is 79.9. The van der Waals surface area contributed by atoms with Crippen molar-refractivity contribution < 1.29 is 13.2 Å². The van der Waals surface area contributed by atoms with E-state index in [2.05, 4.69) is 20.9 Å². The Morgan fingerprint density at radius 2 is 2.00 bits per heavy atom. The third-order valence-corrected chi connectivity index (χ3v) is 2.38. The van der Waals surface area contributed by atoms with Gasteiger partial charge in [-0.15, -0.1) is 0 Å². The average molecular weight is 293 g/mol. The van der Waals surface area contributed by atoms with Crippen LogP contribution in [0.3, 0.4) is 0 Å². The summed E-state index contributed by atoms with van der Waals surface area (Å²) in [6.07, 6.45) is -3.24. The van der Waals surface area contributed by atoms with Crippen molar-refractivity contribution in [1.82, 2.24) is 9.38 Å². The number of nitrogens with zero attached hydrogens (tertiary/aromatic N) is 2. The fraction of sp³-hybridized carbons (Fsp3) is 0.111. The normalized spacial score (nSPS) is 12.0. The minimum Gasteiger partial charge on any atom is -0.269 e. The second-order valence-corrected chi connectivity index (χ2v) is 3.97. The Bertz CT molecular complexity index is 606. The summed E-state index contributed by atoms with van der Waals surface area (Å²) < 4.78 is 38.7. The van der Waals surface area contributed by atoms with Gasteiger partial charge in [0.2, 0.25) is 0 Å². The van der Waals surface area contributed by atoms with E-state index in [-0.39, 0.29) is 5.65 Å². The number of hydrogen-bond donors (Lipinski definition) is 0. The van der Waals surface area contributed by atoms with Crippen LogP contribution in [0.4, 0.5) is 13.2 Å². The molecule has 0 unspecified atom stereocenters. The summed E-state index contributed by atoms with van der Waals surface area (Å²) in [5, 5.41) is 0. The molecule has 0 aliphatic heterocycles. The van der Waals surface area contributed by atoms with Gasteiger partial charge in [-0.2, -0.15) is 13.2 Å². The summed E-state index contributed by atoms with van der Waals surface area (Å²) in [6, 6.07) is 3.32. The van der Waals surface area contributed by atoms with Gasteiger partial charge >= 0.3 is 6.18 Å². The van der Waals surface area contributed by atoms with E-state index in [0.29, 0.717) is 10.5 Å². The first-order chi connectivity index (χ1) is 7.38. The molecule has 7 heteroatoms. The summed E-state index contributed by atoms with van der Waals surface area (Å²) in [5.74, 6) is 0. The van der Waals surface area contributed by atoms with Gasteiger partial charge in [0.1, 0.15) is 5.65 Å². The molecule has 0 spiro atoms. The van der Waals surface area contributed by atoms with Crippen LogP contribution in [-0.2, 0) is 6.18 Å². The number of halogens is 4. The van der Waals surface area contributed by atoms with E-state index in [1.54, 1.807) is 0 Å². The molecule has 2 aromatic rings. The van der Waals surface area contributed by atoms with Crippen LogP contribution in [-0.4, -0.2) is 9.38 Å². The SMILES string of the molecule is O=c1cc(C(F)(F)F)nc2ccc(Br)cn12. The first-order valence-corrected chi connectivity index (χ1v) is 4.93. The fourth-order valence-electron chi connectivity index (χ4n) is 1.22. The number of hydrogen-bond acceptors (Lipinski definition) is 2. The summed E-state index contributed by atoms with van der Waals surface area (Å²) >= 11 is 3.11. The van der Waals surface area contributed by atoms with Crippen LogP contribution in [0, 0.1) is 0 Å². The lowest BCUT2D eigenvalue weighted by molar-refractivity contribution is -0.141. The van der Waals surface area contributed by atoms with Gasteiger partial charge in [0.15, 0.2) is 5.69 Å². The van der Waals surface area contributed by atoms with Gasteiger partial charge in [-0.1, -0.05) is 0 Å². The Morgan fingerprint density at radius 3 is 2.62 bits per heavy atom. The van der Waals surface area contributed by atoms with Gasteiger partial charge < -0.3 is 0 Å². The van der Waals surface area contributed by atoms with Crippen molar-refractivity contribution in [3.05, 3.63) is 44.9 Å². The van der Waals surface area contributed by atoms with Crippen molar-refractivity contribution in [1.29, 1.82) is 0 Å². The molecule has 0 aliphatic rings. The van der Waals surface area contributed by atoms with Crippen LogP contribution >= 0.6 is 15.9 Å². The van der Waals surface area contributed by atoms with E-state index < -0.39 is 17.4 Å². The molecule has 0 saturated heterocycles. The first-order valence-electron chi connectivity index (χ1n) is 4.14. The maximum absolute atomic E-state index is 12.4. The zero-order valence-corrected chi connectivity index (χ0v) is 9.21. The van der Waals surface area contributed by atoms with Gasteiger partial charge in [-0.05, 0) is 28.1 Å². The summed E-state index contributed by atoms with van der Waals surface area (Å²) in [5.41, 5.74) is -1.98. The third kappa shape index (κ3) is 1.95. The molecule has 0 N–H and O–H groups in total. The molecule has 84 valence electrons. The monoisotopic (exact) mass is 292 g/mol. The Morgan fingerprint density at radius 1 is 1.31 bits per heavy atom. The predicted molar refractivity (Wildman–Crippen MR) is 54.2 cm³/mol. The lowest BCUT2D eigenvalue weighted by atomic mass is 10.3. The highest BCUT2D eigenvalue weighted by Gasteiger charge is 2.33. The maximum Gasteiger partial charge on any atom is 0.433 e. The zero-order valence-electron chi connectivity index (χ0n) is 7.62. The van der Waals surface area contributed by atoms with E-state index in [1.807, 2.05) is 0 Å². The summed E-state index contributed by atoms with van der Waals surface area (Å²) in [6.45, 7) is 0. The lowest BCUT2D eigenvalue weighted by Crippen LogP contribution is -2.19. The zero-order chi connectivity index (χ0) is 11.9. The maximum atomic E-state index is 12.4. The van der Waals surface area contributed by atoms with E-state index in [0.717, 1.165) is 4.40 Å². The minimum atomic E-state index is -4.61. The van der Waals surface area contributed by atoms with Crippen molar-refractivity contribution in [3.8, 4) is 0 Å². The molecule has 16 heavy (non-hydrogen) atoms. The molecule has 0 radical (unpaired) electrons. The molecule has 0 bridgehead atoms. The average Bonchev–Trinajstić information content (AvgIpc) is 2.17. The molecule has 2 aromatic heterocycles. The van der Waals surface area contributed by atoms with E-state index >= 15 is 0 Å². The van der Waals surface area contributed by atoms with Crippen molar-refractivity contribution in [2.45, 2.75) is 6.18 Å². The number of aromatic nitrogens is 2. The fourth-order valence-corrected chi connectivity index (χ4v) is 1.56. The molecular weight excluding hydrogens is 289 g/mol. The highest BCUT2D eigenvalue weighted by Crippen LogP contribution is 2.26. The van der Waals surface area contributed by atoms with E-state index in [9.17, 15) is 18.0 Å². The second-order valence-electron chi connectivity index (χ2n) is 3.05. The van der Waals surface area contributed by atoms with Gasteiger partial charge in [-0.25, -0.2) is 4.98 Å². The lowest BCUT2D eigenvalue weighted by Gasteiger charge is -2.07. The molecule has 0 aliphatic carbocycles. The molecule has 0 fully saturated rings. The van der Waals surface area contributed by atoms with E-state index in [1.165, 1.54) is 18.3 Å². The summed E-state index contributed by atoms with van der Waals surface area (Å²) in [4.78, 5) is 14.8. The number of rotatable bonds is 0. The van der Waals surface area contributed by atoms with Gasteiger partial charge in [-0.3, -0.25) is 9.20 Å². The Kier molecular flexibility index (Phi) is 2.49. The number of fused-ring (bicyclic) bond motifs is 1. The van der Waals surface area contributed by atoms with E-state index in [4.69, 9.17) is 0 Å². The molecule has 3 nitrogen and oxygen atoms in total. The highest BCUT2D eigenvalue weighted by molar-refractivity contribution is 9.10. The van der Waals surface area contributed by atoms with Crippen LogP contribution in [0.25, 0.3) is 5.65 Å². The molecular formula is C9H4BrF3N2O. The van der Waals surface area contributed by atoms with Crippen LogP contribution in [0.1, 0.15) is 5.69 Å². The largest absolute Gasteiger partial charge is 0.433 e. The Labute approximate surface area is 95.7 Å². The smallest absolute Gasteiger partial charge is 0.269 e. The van der Waals surface area contributed by atoms with Crippen LogP contribution < -0.4 is 5.56 Å². The molecule has 0 atom stereocenters. The van der Waals surface area contributed by atoms with Gasteiger partial charge in [0.25, 0.3) is 5.56 Å². The first kappa shape index (κ1) is 11.1.